The lowest BCUT2D eigenvalue weighted by atomic mass is 10.1. The van der Waals surface area contributed by atoms with Gasteiger partial charge in [0.1, 0.15) is 6.04 Å². The maximum atomic E-state index is 12.0. The highest BCUT2D eigenvalue weighted by Gasteiger charge is 2.28. The molecular formula is C12H22N6O7S. The lowest BCUT2D eigenvalue weighted by Gasteiger charge is -2.21. The lowest BCUT2D eigenvalue weighted by molar-refractivity contribution is -0.141. The van der Waals surface area contributed by atoms with E-state index >= 15 is 0 Å². The van der Waals surface area contributed by atoms with Gasteiger partial charge in [-0.2, -0.15) is 12.6 Å². The monoisotopic (exact) mass is 394 g/mol. The second-order valence-electron chi connectivity index (χ2n) is 5.16. The number of aliphatic carboxylic acids is 1. The van der Waals surface area contributed by atoms with Gasteiger partial charge in [0.2, 0.25) is 5.91 Å². The molecule has 0 spiro atoms. The van der Waals surface area contributed by atoms with Gasteiger partial charge >= 0.3 is 12.0 Å². The molecule has 0 aromatic rings. The maximum Gasteiger partial charge on any atom is 0.328 e. The quantitative estimate of drug-likeness (QED) is 0.137. The minimum Gasteiger partial charge on any atom is -0.480 e. The summed E-state index contributed by atoms with van der Waals surface area (Å²) in [6.07, 6.45) is -2.07. The summed E-state index contributed by atoms with van der Waals surface area (Å²) >= 11 is 3.80. The fourth-order valence-corrected chi connectivity index (χ4v) is 1.69. The summed E-state index contributed by atoms with van der Waals surface area (Å²) in [7, 11) is 0. The number of carbonyl (C=O) groups is 5. The minimum absolute atomic E-state index is 0.00297. The molecule has 10 N–H and O–H groups in total. The van der Waals surface area contributed by atoms with Crippen LogP contribution in [0, 0.1) is 0 Å². The molecule has 14 heteroatoms. The average molecular weight is 394 g/mol. The Morgan fingerprint density at radius 3 is 2.04 bits per heavy atom. The molecule has 0 aliphatic rings. The van der Waals surface area contributed by atoms with Crippen LogP contribution in [0.3, 0.4) is 0 Å². The Labute approximate surface area is 153 Å². The van der Waals surface area contributed by atoms with Gasteiger partial charge in [0.05, 0.1) is 18.6 Å². The summed E-state index contributed by atoms with van der Waals surface area (Å²) in [5.74, 6) is -4.24. The number of carboxylic acid groups (broad SMARTS) is 1. The van der Waals surface area contributed by atoms with E-state index in [2.05, 4.69) is 12.6 Å². The number of carbonyl (C=O) groups excluding carboxylic acids is 4. The number of carboxylic acids is 1. The lowest BCUT2D eigenvalue weighted by Crippen LogP contribution is -2.59. The Bertz CT molecular complexity index is 558. The molecule has 0 radical (unpaired) electrons. The molecule has 13 nitrogen and oxygen atoms in total. The second-order valence-corrected chi connectivity index (χ2v) is 5.53. The van der Waals surface area contributed by atoms with E-state index in [4.69, 9.17) is 16.6 Å². The van der Waals surface area contributed by atoms with Crippen molar-refractivity contribution in [1.82, 2.24) is 21.5 Å². The average Bonchev–Trinajstić information content (AvgIpc) is 2.54. The minimum atomic E-state index is -1.65. The molecule has 0 aromatic carbocycles. The number of nitrogens with one attached hydrogen (secondary N) is 4. The zero-order valence-electron chi connectivity index (χ0n) is 13.8. The number of amides is 5. The summed E-state index contributed by atoms with van der Waals surface area (Å²) < 4.78 is 0. The normalized spacial score (nSPS) is 14.9. The van der Waals surface area contributed by atoms with E-state index in [0.717, 1.165) is 6.92 Å². The van der Waals surface area contributed by atoms with Gasteiger partial charge in [-0.3, -0.25) is 25.2 Å². The molecule has 0 aromatic heterocycles. The van der Waals surface area contributed by atoms with Gasteiger partial charge in [-0.15, -0.1) is 0 Å². The number of hydrazine groups is 1. The van der Waals surface area contributed by atoms with Crippen molar-refractivity contribution in [2.75, 3.05) is 5.75 Å². The number of rotatable bonds is 9. The van der Waals surface area contributed by atoms with Gasteiger partial charge in [-0.05, 0) is 6.92 Å². The van der Waals surface area contributed by atoms with Gasteiger partial charge in [0, 0.05) is 5.75 Å². The number of nitrogens with two attached hydrogens (primary N) is 2. The predicted molar refractivity (Wildman–Crippen MR) is 90.5 cm³/mol. The summed E-state index contributed by atoms with van der Waals surface area (Å²) in [6.45, 7) is 1.13. The highest BCUT2D eigenvalue weighted by molar-refractivity contribution is 7.80. The third-order valence-corrected chi connectivity index (χ3v) is 3.30. The molecule has 5 amide bonds. The van der Waals surface area contributed by atoms with Gasteiger partial charge in [-0.1, -0.05) is 0 Å². The number of aliphatic hydroxyl groups excluding tert-OH is 1. The topological polar surface area (TPSA) is 226 Å². The van der Waals surface area contributed by atoms with Crippen LogP contribution in [0.2, 0.25) is 0 Å². The third kappa shape index (κ3) is 8.50. The summed E-state index contributed by atoms with van der Waals surface area (Å²) in [5.41, 5.74) is 14.3. The standard InChI is InChI=1S/C12H22N6O7S/c1-4(19)8(11(23)24)16-12(25)15-6(2-7(14)20)10(22)18-17-9(21)5(13)3-26/h4-6,8,19,26H,2-3,13H2,1H3,(H2,14,20)(H,17,21)(H,18,22)(H,23,24)(H2,15,16,25). The van der Waals surface area contributed by atoms with Gasteiger partial charge < -0.3 is 32.3 Å². The van der Waals surface area contributed by atoms with Crippen LogP contribution in [0.1, 0.15) is 13.3 Å². The molecule has 148 valence electrons. The van der Waals surface area contributed by atoms with Crippen LogP contribution in [-0.2, 0) is 19.2 Å². The van der Waals surface area contributed by atoms with Crippen LogP contribution in [0.5, 0.6) is 0 Å². The highest BCUT2D eigenvalue weighted by atomic mass is 32.1. The fourth-order valence-electron chi connectivity index (χ4n) is 1.53. The zero-order chi connectivity index (χ0) is 20.4. The van der Waals surface area contributed by atoms with Crippen LogP contribution < -0.4 is 33.0 Å². The highest BCUT2D eigenvalue weighted by Crippen LogP contribution is 1.96. The molecular weight excluding hydrogens is 372 g/mol. The molecule has 0 saturated carbocycles. The molecule has 0 rings (SSSR count). The first-order valence-corrected chi connectivity index (χ1v) is 7.85. The first kappa shape index (κ1) is 23.4. The summed E-state index contributed by atoms with van der Waals surface area (Å²) in [6, 6.07) is -5.34. The smallest absolute Gasteiger partial charge is 0.328 e. The number of hydrogen-bond donors (Lipinski definition) is 9. The van der Waals surface area contributed by atoms with Crippen molar-refractivity contribution in [2.45, 2.75) is 37.6 Å². The summed E-state index contributed by atoms with van der Waals surface area (Å²) in [5, 5.41) is 22.1. The Kier molecular flexibility index (Phi) is 10.0. The molecule has 4 unspecified atom stereocenters. The second kappa shape index (κ2) is 11.1. The zero-order valence-corrected chi connectivity index (χ0v) is 14.7. The van der Waals surface area contributed by atoms with E-state index < -0.39 is 60.4 Å². The Morgan fingerprint density at radius 1 is 1.08 bits per heavy atom. The fraction of sp³-hybridized carbons (Fsp3) is 0.583. The molecule has 4 atom stereocenters. The van der Waals surface area contributed by atoms with Crippen molar-refractivity contribution in [1.29, 1.82) is 0 Å². The van der Waals surface area contributed by atoms with Crippen molar-refractivity contribution in [3.05, 3.63) is 0 Å². The number of thiol groups is 1. The van der Waals surface area contributed by atoms with Crippen LogP contribution in [-0.4, -0.2) is 69.9 Å². The molecule has 26 heavy (non-hydrogen) atoms. The predicted octanol–water partition coefficient (Wildman–Crippen LogP) is -4.23. The van der Waals surface area contributed by atoms with Crippen LogP contribution in [0.25, 0.3) is 0 Å². The SMILES string of the molecule is CC(O)C(NC(=O)NC(CC(N)=O)C(=O)NNC(=O)C(N)CS)C(=O)O. The Morgan fingerprint density at radius 2 is 1.62 bits per heavy atom. The van der Waals surface area contributed by atoms with E-state index in [9.17, 15) is 29.1 Å². The van der Waals surface area contributed by atoms with E-state index in [1.807, 2.05) is 21.5 Å². The van der Waals surface area contributed by atoms with Gasteiger partial charge in [0.15, 0.2) is 6.04 Å². The molecule has 0 aliphatic carbocycles. The number of primary amides is 1. The van der Waals surface area contributed by atoms with Crippen LogP contribution in [0.15, 0.2) is 0 Å². The molecule has 0 bridgehead atoms. The first-order valence-electron chi connectivity index (χ1n) is 7.21. The molecule has 0 fully saturated rings. The van der Waals surface area contributed by atoms with Gasteiger partial charge in [0.25, 0.3) is 11.8 Å². The van der Waals surface area contributed by atoms with E-state index in [-0.39, 0.29) is 5.75 Å². The first-order chi connectivity index (χ1) is 12.0. The van der Waals surface area contributed by atoms with Crippen molar-refractivity contribution in [3.8, 4) is 0 Å². The largest absolute Gasteiger partial charge is 0.480 e. The van der Waals surface area contributed by atoms with Crippen molar-refractivity contribution in [3.63, 3.8) is 0 Å². The van der Waals surface area contributed by atoms with Gasteiger partial charge in [-0.25, -0.2) is 9.59 Å². The van der Waals surface area contributed by atoms with Crippen LogP contribution in [0.4, 0.5) is 4.79 Å². The van der Waals surface area contributed by atoms with Crippen molar-refractivity contribution < 1.29 is 34.2 Å². The molecule has 0 heterocycles. The number of aliphatic hydroxyl groups is 1. The number of urea groups is 1. The molecule has 0 saturated heterocycles. The summed E-state index contributed by atoms with van der Waals surface area (Å²) in [4.78, 5) is 57.2. The van der Waals surface area contributed by atoms with E-state index in [0.29, 0.717) is 0 Å². The maximum absolute atomic E-state index is 12.0. The van der Waals surface area contributed by atoms with E-state index in [1.165, 1.54) is 0 Å². The Hall–Kier alpha value is -2.58. The van der Waals surface area contributed by atoms with Crippen LogP contribution >= 0.6 is 12.6 Å². The molecule has 0 aliphatic heterocycles. The van der Waals surface area contributed by atoms with Crippen molar-refractivity contribution in [2.24, 2.45) is 11.5 Å². The Balaban J connectivity index is 4.90. The number of hydrogen-bond acceptors (Lipinski definition) is 8. The van der Waals surface area contributed by atoms with E-state index in [1.54, 1.807) is 0 Å². The third-order valence-electron chi connectivity index (χ3n) is 2.90. The van der Waals surface area contributed by atoms with Crippen molar-refractivity contribution >= 4 is 42.4 Å².